The van der Waals surface area contributed by atoms with Gasteiger partial charge in [0.05, 0.1) is 10.7 Å². The van der Waals surface area contributed by atoms with Gasteiger partial charge in [-0.25, -0.2) is 0 Å². The first-order valence-electron chi connectivity index (χ1n) is 6.70. The summed E-state index contributed by atoms with van der Waals surface area (Å²) in [5.74, 6) is -0.378. The van der Waals surface area contributed by atoms with E-state index in [0.717, 1.165) is 18.7 Å². The summed E-state index contributed by atoms with van der Waals surface area (Å²) < 4.78 is 0. The number of carbonyl (C=O) groups excluding carboxylic acids is 1. The molecule has 5 heteroatoms. The monoisotopic (exact) mass is 280 g/mol. The number of anilines is 2. The van der Waals surface area contributed by atoms with Gasteiger partial charge in [0.15, 0.2) is 6.10 Å². The molecule has 2 aliphatic rings. The van der Waals surface area contributed by atoms with Crippen molar-refractivity contribution in [2.45, 2.75) is 38.3 Å². The Balaban J connectivity index is 2.00. The van der Waals surface area contributed by atoms with E-state index in [9.17, 15) is 9.90 Å². The maximum atomic E-state index is 11.5. The zero-order valence-corrected chi connectivity index (χ0v) is 11.6. The van der Waals surface area contributed by atoms with Crippen molar-refractivity contribution in [2.75, 3.05) is 16.8 Å². The molecule has 1 fully saturated rings. The number of aliphatic hydroxyl groups excluding tert-OH is 1. The SMILES string of the molecule is CCC1CCCN1c1cc2c(cc1Cl)C(O)C(=O)N2. The number of aliphatic hydroxyl groups is 1. The lowest BCUT2D eigenvalue weighted by Crippen LogP contribution is -2.28. The molecular formula is C14H17ClN2O2. The zero-order valence-electron chi connectivity index (χ0n) is 10.8. The molecule has 1 saturated heterocycles. The molecule has 2 N–H and O–H groups in total. The number of benzene rings is 1. The Kier molecular flexibility index (Phi) is 3.15. The van der Waals surface area contributed by atoms with E-state index in [1.165, 1.54) is 12.8 Å². The minimum atomic E-state index is -1.10. The van der Waals surface area contributed by atoms with Crippen molar-refractivity contribution in [2.24, 2.45) is 0 Å². The van der Waals surface area contributed by atoms with E-state index in [0.29, 0.717) is 22.3 Å². The average Bonchev–Trinajstić information content (AvgIpc) is 2.96. The van der Waals surface area contributed by atoms with Crippen molar-refractivity contribution in [3.63, 3.8) is 0 Å². The van der Waals surface area contributed by atoms with Crippen LogP contribution < -0.4 is 10.2 Å². The molecular weight excluding hydrogens is 264 g/mol. The van der Waals surface area contributed by atoms with Crippen LogP contribution in [0.25, 0.3) is 0 Å². The van der Waals surface area contributed by atoms with Crippen LogP contribution in [0.15, 0.2) is 12.1 Å². The maximum absolute atomic E-state index is 11.5. The van der Waals surface area contributed by atoms with Crippen LogP contribution in [0.4, 0.5) is 11.4 Å². The second-order valence-electron chi connectivity index (χ2n) is 5.18. The number of amides is 1. The van der Waals surface area contributed by atoms with E-state index in [2.05, 4.69) is 17.1 Å². The summed E-state index contributed by atoms with van der Waals surface area (Å²) in [4.78, 5) is 13.8. The van der Waals surface area contributed by atoms with E-state index in [4.69, 9.17) is 11.6 Å². The lowest BCUT2D eigenvalue weighted by atomic mass is 10.1. The van der Waals surface area contributed by atoms with Crippen LogP contribution in [0.5, 0.6) is 0 Å². The molecule has 4 nitrogen and oxygen atoms in total. The molecule has 2 heterocycles. The number of fused-ring (bicyclic) bond motifs is 1. The lowest BCUT2D eigenvalue weighted by molar-refractivity contribution is -0.123. The molecule has 0 bridgehead atoms. The van der Waals surface area contributed by atoms with Gasteiger partial charge in [-0.05, 0) is 31.4 Å². The number of hydrogen-bond acceptors (Lipinski definition) is 3. The molecule has 1 amide bonds. The number of halogens is 1. The second-order valence-corrected chi connectivity index (χ2v) is 5.59. The molecule has 2 unspecified atom stereocenters. The van der Waals surface area contributed by atoms with E-state index in [1.54, 1.807) is 6.07 Å². The third kappa shape index (κ3) is 1.99. The van der Waals surface area contributed by atoms with Crippen LogP contribution in [0.3, 0.4) is 0 Å². The molecule has 2 aliphatic heterocycles. The van der Waals surface area contributed by atoms with Crippen molar-refractivity contribution in [3.8, 4) is 0 Å². The third-order valence-electron chi connectivity index (χ3n) is 4.08. The fraction of sp³-hybridized carbons (Fsp3) is 0.500. The highest BCUT2D eigenvalue weighted by Crippen LogP contribution is 2.41. The van der Waals surface area contributed by atoms with Crippen LogP contribution in [0, 0.1) is 0 Å². The van der Waals surface area contributed by atoms with Gasteiger partial charge < -0.3 is 15.3 Å². The second kappa shape index (κ2) is 4.69. The van der Waals surface area contributed by atoms with E-state index in [1.807, 2.05) is 6.07 Å². The predicted molar refractivity (Wildman–Crippen MR) is 75.7 cm³/mol. The number of carbonyl (C=O) groups is 1. The first-order chi connectivity index (χ1) is 9.11. The molecule has 19 heavy (non-hydrogen) atoms. The summed E-state index contributed by atoms with van der Waals surface area (Å²) in [6.45, 7) is 3.17. The Morgan fingerprint density at radius 1 is 1.53 bits per heavy atom. The van der Waals surface area contributed by atoms with Crippen LogP contribution in [0.1, 0.15) is 37.9 Å². The van der Waals surface area contributed by atoms with Gasteiger partial charge >= 0.3 is 0 Å². The van der Waals surface area contributed by atoms with Gasteiger partial charge in [0.25, 0.3) is 5.91 Å². The number of nitrogens with zero attached hydrogens (tertiary/aromatic N) is 1. The van der Waals surface area contributed by atoms with Crippen LogP contribution in [0.2, 0.25) is 5.02 Å². The van der Waals surface area contributed by atoms with Gasteiger partial charge in [0.2, 0.25) is 0 Å². The summed E-state index contributed by atoms with van der Waals surface area (Å²) in [5, 5.41) is 13.0. The predicted octanol–water partition coefficient (Wildman–Crippen LogP) is 2.70. The number of hydrogen-bond donors (Lipinski definition) is 2. The first kappa shape index (κ1) is 12.8. The number of rotatable bonds is 2. The molecule has 0 aromatic heterocycles. The van der Waals surface area contributed by atoms with Gasteiger partial charge in [-0.1, -0.05) is 18.5 Å². The van der Waals surface area contributed by atoms with Gasteiger partial charge in [-0.15, -0.1) is 0 Å². The first-order valence-corrected chi connectivity index (χ1v) is 7.08. The highest BCUT2D eigenvalue weighted by atomic mass is 35.5. The van der Waals surface area contributed by atoms with Crippen molar-refractivity contribution in [3.05, 3.63) is 22.7 Å². The van der Waals surface area contributed by atoms with Crippen molar-refractivity contribution >= 4 is 28.9 Å². The Morgan fingerprint density at radius 3 is 3.05 bits per heavy atom. The molecule has 3 rings (SSSR count). The maximum Gasteiger partial charge on any atom is 0.257 e. The van der Waals surface area contributed by atoms with Crippen molar-refractivity contribution < 1.29 is 9.90 Å². The van der Waals surface area contributed by atoms with Gasteiger partial charge in [-0.2, -0.15) is 0 Å². The van der Waals surface area contributed by atoms with Gasteiger partial charge in [-0.3, -0.25) is 4.79 Å². The largest absolute Gasteiger partial charge is 0.378 e. The van der Waals surface area contributed by atoms with Crippen molar-refractivity contribution in [1.29, 1.82) is 0 Å². The topological polar surface area (TPSA) is 52.6 Å². The quantitative estimate of drug-likeness (QED) is 0.876. The summed E-state index contributed by atoms with van der Waals surface area (Å²) >= 11 is 6.33. The van der Waals surface area contributed by atoms with Crippen LogP contribution in [-0.2, 0) is 4.79 Å². The van der Waals surface area contributed by atoms with Gasteiger partial charge in [0.1, 0.15) is 0 Å². The molecule has 0 spiro atoms. The number of nitrogens with one attached hydrogen (secondary N) is 1. The van der Waals surface area contributed by atoms with E-state index < -0.39 is 6.10 Å². The molecule has 0 saturated carbocycles. The Morgan fingerprint density at radius 2 is 2.32 bits per heavy atom. The fourth-order valence-corrected chi connectivity index (χ4v) is 3.33. The molecule has 102 valence electrons. The Labute approximate surface area is 117 Å². The molecule has 1 aromatic rings. The zero-order chi connectivity index (χ0) is 13.6. The summed E-state index contributed by atoms with van der Waals surface area (Å²) in [6, 6.07) is 4.11. The summed E-state index contributed by atoms with van der Waals surface area (Å²) in [5.41, 5.74) is 2.21. The van der Waals surface area contributed by atoms with E-state index >= 15 is 0 Å². The molecule has 1 aromatic carbocycles. The standard InChI is InChI=1S/C14H17ClN2O2/c1-2-8-4-3-5-17(8)12-7-11-9(6-10(12)15)13(18)14(19)16-11/h6-8,13,18H,2-5H2,1H3,(H,16,19). The van der Waals surface area contributed by atoms with Gasteiger partial charge in [0, 0.05) is 23.8 Å². The van der Waals surface area contributed by atoms with Crippen molar-refractivity contribution in [1.82, 2.24) is 0 Å². The smallest absolute Gasteiger partial charge is 0.257 e. The Hall–Kier alpha value is -1.26. The average molecular weight is 281 g/mol. The minimum absolute atomic E-state index is 0.378. The lowest BCUT2D eigenvalue weighted by Gasteiger charge is -2.27. The molecule has 0 radical (unpaired) electrons. The van der Waals surface area contributed by atoms with E-state index in [-0.39, 0.29) is 5.91 Å². The summed E-state index contributed by atoms with van der Waals surface area (Å²) in [6.07, 6.45) is 2.34. The normalized spacial score (nSPS) is 25.6. The summed E-state index contributed by atoms with van der Waals surface area (Å²) in [7, 11) is 0. The highest BCUT2D eigenvalue weighted by Gasteiger charge is 2.32. The molecule has 2 atom stereocenters. The van der Waals surface area contributed by atoms with Crippen LogP contribution in [-0.4, -0.2) is 23.6 Å². The fourth-order valence-electron chi connectivity index (χ4n) is 3.05. The van der Waals surface area contributed by atoms with Crippen LogP contribution >= 0.6 is 11.6 Å². The minimum Gasteiger partial charge on any atom is -0.378 e. The third-order valence-corrected chi connectivity index (χ3v) is 4.38. The Bertz CT molecular complexity index is 532. The highest BCUT2D eigenvalue weighted by molar-refractivity contribution is 6.33. The molecule has 0 aliphatic carbocycles.